The van der Waals surface area contributed by atoms with Gasteiger partial charge in [0, 0.05) is 6.20 Å². The molecule has 0 aliphatic heterocycles. The molecule has 0 aliphatic rings. The highest BCUT2D eigenvalue weighted by Gasteiger charge is 2.18. The molecule has 0 saturated carbocycles. The second-order valence-electron chi connectivity index (χ2n) is 3.65. The summed E-state index contributed by atoms with van der Waals surface area (Å²) < 4.78 is 27.2. The van der Waals surface area contributed by atoms with Crippen molar-refractivity contribution in [2.45, 2.75) is 4.90 Å². The molecule has 0 bridgehead atoms. The lowest BCUT2D eigenvalue weighted by Gasteiger charge is -2.09. The van der Waals surface area contributed by atoms with Gasteiger partial charge in [0.15, 0.2) is 0 Å². The molecule has 100 valence electrons. The van der Waals surface area contributed by atoms with Gasteiger partial charge in [-0.3, -0.25) is 0 Å². The highest BCUT2D eigenvalue weighted by atomic mass is 32.2. The summed E-state index contributed by atoms with van der Waals surface area (Å²) in [5.41, 5.74) is 0.265. The number of nitrogens with zero attached hydrogens (tertiary/aromatic N) is 2. The molecule has 7 nitrogen and oxygen atoms in total. The molecule has 1 heterocycles. The molecule has 0 fully saturated rings. The first-order valence-electron chi connectivity index (χ1n) is 5.26. The van der Waals surface area contributed by atoms with Gasteiger partial charge in [-0.2, -0.15) is 5.10 Å². The van der Waals surface area contributed by atoms with E-state index in [0.29, 0.717) is 0 Å². The van der Waals surface area contributed by atoms with Gasteiger partial charge < -0.3 is 5.11 Å². The zero-order valence-electron chi connectivity index (χ0n) is 9.94. The quantitative estimate of drug-likeness (QED) is 0.848. The summed E-state index contributed by atoms with van der Waals surface area (Å²) in [7, 11) is -2.34. The summed E-state index contributed by atoms with van der Waals surface area (Å²) in [4.78, 5) is 10.8. The van der Waals surface area contributed by atoms with Crippen LogP contribution in [-0.4, -0.2) is 36.3 Å². The van der Waals surface area contributed by atoms with Crippen LogP contribution in [0.2, 0.25) is 0 Å². The molecule has 2 aromatic rings. The van der Waals surface area contributed by atoms with E-state index in [-0.39, 0.29) is 16.1 Å². The van der Waals surface area contributed by atoms with E-state index in [0.717, 1.165) is 6.20 Å². The Morgan fingerprint density at radius 2 is 2.05 bits per heavy atom. The number of aromatic nitrogens is 2. The zero-order chi connectivity index (χ0) is 14.0. The smallest absolute Gasteiger partial charge is 0.338 e. The minimum atomic E-state index is -3.65. The van der Waals surface area contributed by atoms with E-state index < -0.39 is 16.0 Å². The highest BCUT2D eigenvalue weighted by molar-refractivity contribution is 7.89. The van der Waals surface area contributed by atoms with Crippen molar-refractivity contribution in [3.63, 3.8) is 0 Å². The van der Waals surface area contributed by atoms with E-state index in [2.05, 4.69) is 9.82 Å². The zero-order valence-corrected chi connectivity index (χ0v) is 10.8. The molecule has 0 aliphatic carbocycles. The fourth-order valence-corrected chi connectivity index (χ4v) is 2.46. The molecule has 1 aromatic carbocycles. The van der Waals surface area contributed by atoms with Crippen LogP contribution in [0.1, 0.15) is 10.4 Å². The number of benzene rings is 1. The van der Waals surface area contributed by atoms with Crippen LogP contribution in [0.4, 0.5) is 0 Å². The predicted octanol–water partition coefficient (Wildman–Crippen LogP) is 0.479. The predicted molar refractivity (Wildman–Crippen MR) is 66.8 cm³/mol. The third-order valence-corrected chi connectivity index (χ3v) is 3.96. The van der Waals surface area contributed by atoms with Gasteiger partial charge in [0.05, 0.1) is 17.4 Å². The molecule has 0 spiro atoms. The fourth-order valence-electron chi connectivity index (χ4n) is 1.55. The van der Waals surface area contributed by atoms with Gasteiger partial charge in [-0.05, 0) is 19.2 Å². The summed E-state index contributed by atoms with van der Waals surface area (Å²) >= 11 is 0. The molecular weight excluding hydrogens is 270 g/mol. The lowest BCUT2D eigenvalue weighted by Crippen LogP contribution is -2.20. The van der Waals surface area contributed by atoms with E-state index in [1.807, 2.05) is 0 Å². The summed E-state index contributed by atoms with van der Waals surface area (Å²) in [6, 6.07) is 6.19. The number of sulfonamides is 1. The van der Waals surface area contributed by atoms with Crippen LogP contribution in [0.3, 0.4) is 0 Å². The van der Waals surface area contributed by atoms with Crippen LogP contribution in [0.25, 0.3) is 5.69 Å². The number of carboxylic acid groups (broad SMARTS) is 1. The second kappa shape index (κ2) is 4.82. The fraction of sp³-hybridized carbons (Fsp3) is 0.0909. The van der Waals surface area contributed by atoms with E-state index >= 15 is 0 Å². The van der Waals surface area contributed by atoms with Crippen molar-refractivity contribution < 1.29 is 18.3 Å². The first kappa shape index (κ1) is 13.2. The Hall–Kier alpha value is -2.19. The lowest BCUT2D eigenvalue weighted by molar-refractivity contribution is 0.0697. The van der Waals surface area contributed by atoms with Gasteiger partial charge in [-0.1, -0.05) is 12.1 Å². The third kappa shape index (κ3) is 2.49. The number of aromatic carboxylic acids is 1. The Balaban J connectivity index is 2.59. The topological polar surface area (TPSA) is 101 Å². The Morgan fingerprint density at radius 1 is 1.37 bits per heavy atom. The van der Waals surface area contributed by atoms with Crippen LogP contribution >= 0.6 is 0 Å². The Bertz CT molecular complexity index is 721. The van der Waals surface area contributed by atoms with Crippen molar-refractivity contribution in [2.75, 3.05) is 7.05 Å². The molecule has 0 radical (unpaired) electrons. The highest BCUT2D eigenvalue weighted by Crippen LogP contribution is 2.19. The SMILES string of the molecule is CNS(=O)(=O)c1ccccc1-n1cc(C(=O)O)cn1. The first-order valence-corrected chi connectivity index (χ1v) is 6.75. The Morgan fingerprint density at radius 3 is 2.63 bits per heavy atom. The number of rotatable bonds is 4. The molecule has 8 heteroatoms. The maximum Gasteiger partial charge on any atom is 0.338 e. The molecule has 0 atom stereocenters. The Labute approximate surface area is 109 Å². The minimum Gasteiger partial charge on any atom is -0.478 e. The number of carboxylic acids is 1. The van der Waals surface area contributed by atoms with Crippen LogP contribution < -0.4 is 4.72 Å². The molecule has 2 N–H and O–H groups in total. The second-order valence-corrected chi connectivity index (χ2v) is 5.51. The summed E-state index contributed by atoms with van der Waals surface area (Å²) in [6.45, 7) is 0. The molecular formula is C11H11N3O4S. The van der Waals surface area contributed by atoms with Gasteiger partial charge in [-0.15, -0.1) is 0 Å². The van der Waals surface area contributed by atoms with Crippen molar-refractivity contribution >= 4 is 16.0 Å². The van der Waals surface area contributed by atoms with Crippen LogP contribution in [0.5, 0.6) is 0 Å². The minimum absolute atomic E-state index is 0.0170. The van der Waals surface area contributed by atoms with Gasteiger partial charge in [-0.25, -0.2) is 22.6 Å². The van der Waals surface area contributed by atoms with E-state index in [1.165, 1.54) is 24.0 Å². The molecule has 0 amide bonds. The summed E-state index contributed by atoms with van der Waals surface area (Å²) in [6.07, 6.45) is 2.41. The number of carbonyl (C=O) groups is 1. The molecule has 0 unspecified atom stereocenters. The molecule has 19 heavy (non-hydrogen) atoms. The number of nitrogens with one attached hydrogen (secondary N) is 1. The monoisotopic (exact) mass is 281 g/mol. The van der Waals surface area contributed by atoms with Crippen LogP contribution in [0, 0.1) is 0 Å². The molecule has 0 saturated heterocycles. The summed E-state index contributed by atoms with van der Waals surface area (Å²) in [5, 5.41) is 12.7. The van der Waals surface area contributed by atoms with Crippen LogP contribution in [-0.2, 0) is 10.0 Å². The average molecular weight is 281 g/mol. The molecule has 1 aromatic heterocycles. The van der Waals surface area contributed by atoms with Crippen molar-refractivity contribution in [3.8, 4) is 5.69 Å². The first-order chi connectivity index (χ1) is 8.95. The van der Waals surface area contributed by atoms with E-state index in [9.17, 15) is 13.2 Å². The molecule has 2 rings (SSSR count). The standard InChI is InChI=1S/C11H11N3O4S/c1-12-19(17,18)10-5-3-2-4-9(10)14-7-8(6-13-14)11(15)16/h2-7,12H,1H3,(H,15,16). The largest absolute Gasteiger partial charge is 0.478 e. The van der Waals surface area contributed by atoms with E-state index in [1.54, 1.807) is 18.2 Å². The van der Waals surface area contributed by atoms with Crippen molar-refractivity contribution in [2.24, 2.45) is 0 Å². The van der Waals surface area contributed by atoms with E-state index in [4.69, 9.17) is 5.11 Å². The van der Waals surface area contributed by atoms with Crippen LogP contribution in [0.15, 0.2) is 41.6 Å². The number of hydrogen-bond acceptors (Lipinski definition) is 4. The lowest BCUT2D eigenvalue weighted by atomic mass is 10.3. The van der Waals surface area contributed by atoms with Gasteiger partial charge >= 0.3 is 5.97 Å². The maximum absolute atomic E-state index is 11.9. The van der Waals surface area contributed by atoms with Crippen molar-refractivity contribution in [1.82, 2.24) is 14.5 Å². The van der Waals surface area contributed by atoms with Crippen molar-refractivity contribution in [3.05, 3.63) is 42.2 Å². The number of para-hydroxylation sites is 1. The average Bonchev–Trinajstić information content (AvgIpc) is 2.88. The van der Waals surface area contributed by atoms with Gasteiger partial charge in [0.2, 0.25) is 10.0 Å². The van der Waals surface area contributed by atoms with Gasteiger partial charge in [0.1, 0.15) is 4.90 Å². The van der Waals surface area contributed by atoms with Gasteiger partial charge in [0.25, 0.3) is 0 Å². The third-order valence-electron chi connectivity index (χ3n) is 2.50. The normalized spacial score (nSPS) is 11.4. The van der Waals surface area contributed by atoms with Crippen molar-refractivity contribution in [1.29, 1.82) is 0 Å². The maximum atomic E-state index is 11.9. The number of hydrogen-bond donors (Lipinski definition) is 2. The summed E-state index contributed by atoms with van der Waals surface area (Å²) in [5.74, 6) is -1.12. The Kier molecular flexibility index (Phi) is 3.36.